The summed E-state index contributed by atoms with van der Waals surface area (Å²) in [5.41, 5.74) is 1.50. The molecule has 19 heavy (non-hydrogen) atoms. The van der Waals surface area contributed by atoms with Crippen LogP contribution in [0.4, 0.5) is 5.82 Å². The van der Waals surface area contributed by atoms with Gasteiger partial charge in [-0.25, -0.2) is 9.78 Å². The zero-order chi connectivity index (χ0) is 14.0. The summed E-state index contributed by atoms with van der Waals surface area (Å²) in [4.78, 5) is 15.6. The summed E-state index contributed by atoms with van der Waals surface area (Å²) in [7, 11) is 0. The van der Waals surface area contributed by atoms with Crippen molar-refractivity contribution in [1.82, 2.24) is 4.98 Å². The summed E-state index contributed by atoms with van der Waals surface area (Å²) >= 11 is 0. The van der Waals surface area contributed by atoms with Crippen molar-refractivity contribution < 1.29 is 9.90 Å². The predicted molar refractivity (Wildman–Crippen MR) is 75.6 cm³/mol. The Morgan fingerprint density at radius 2 is 2.26 bits per heavy atom. The Bertz CT molecular complexity index is 483. The molecule has 0 spiro atoms. The molecular weight excluding hydrogens is 240 g/mol. The Morgan fingerprint density at radius 1 is 1.53 bits per heavy atom. The molecule has 1 aromatic heterocycles. The molecule has 2 N–H and O–H groups in total. The number of carbonyl (C=O) groups is 1. The van der Waals surface area contributed by atoms with Crippen LogP contribution >= 0.6 is 0 Å². The summed E-state index contributed by atoms with van der Waals surface area (Å²) in [6.45, 7) is 6.52. The average Bonchev–Trinajstić information content (AvgIpc) is 2.68. The number of hydrogen-bond acceptors (Lipinski definition) is 3. The lowest BCUT2D eigenvalue weighted by Crippen LogP contribution is -2.19. The van der Waals surface area contributed by atoms with Gasteiger partial charge in [-0.05, 0) is 43.2 Å². The van der Waals surface area contributed by atoms with Crippen LogP contribution in [0.3, 0.4) is 0 Å². The van der Waals surface area contributed by atoms with Crippen molar-refractivity contribution in [3.63, 3.8) is 0 Å². The quantitative estimate of drug-likeness (QED) is 0.873. The molecule has 0 amide bonds. The van der Waals surface area contributed by atoms with Crippen molar-refractivity contribution in [3.8, 4) is 0 Å². The molecule has 1 atom stereocenters. The van der Waals surface area contributed by atoms with Gasteiger partial charge in [0.15, 0.2) is 0 Å². The number of aromatic carboxylic acids is 1. The minimum absolute atomic E-state index is 0.312. The number of pyridine rings is 1. The normalized spacial score (nSPS) is 21.3. The van der Waals surface area contributed by atoms with E-state index in [9.17, 15) is 4.79 Å². The number of aromatic nitrogens is 1. The third kappa shape index (κ3) is 3.46. The van der Waals surface area contributed by atoms with Crippen molar-refractivity contribution in [1.29, 1.82) is 0 Å². The molecule has 4 heteroatoms. The largest absolute Gasteiger partial charge is 0.478 e. The summed E-state index contributed by atoms with van der Waals surface area (Å²) in [5, 5.41) is 12.5. The van der Waals surface area contributed by atoms with E-state index in [0.717, 1.165) is 25.0 Å². The van der Waals surface area contributed by atoms with Crippen LogP contribution in [0.2, 0.25) is 0 Å². The van der Waals surface area contributed by atoms with Crippen LogP contribution in [-0.4, -0.2) is 22.1 Å². The van der Waals surface area contributed by atoms with E-state index in [2.05, 4.69) is 24.1 Å². The van der Waals surface area contributed by atoms with Crippen molar-refractivity contribution in [2.24, 2.45) is 5.41 Å². The van der Waals surface area contributed by atoms with Gasteiger partial charge in [0.05, 0.1) is 5.56 Å². The predicted octanol–water partition coefficient (Wildman–Crippen LogP) is 3.33. The van der Waals surface area contributed by atoms with E-state index in [-0.39, 0.29) is 0 Å². The van der Waals surface area contributed by atoms with Gasteiger partial charge in [0.2, 0.25) is 0 Å². The minimum Gasteiger partial charge on any atom is -0.478 e. The fourth-order valence-electron chi connectivity index (χ4n) is 2.73. The average molecular weight is 262 g/mol. The van der Waals surface area contributed by atoms with Gasteiger partial charge in [0, 0.05) is 11.7 Å². The Kier molecular flexibility index (Phi) is 3.78. The first-order valence-electron chi connectivity index (χ1n) is 6.90. The lowest BCUT2D eigenvalue weighted by atomic mass is 9.92. The van der Waals surface area contributed by atoms with Gasteiger partial charge in [-0.15, -0.1) is 0 Å². The van der Waals surface area contributed by atoms with Crippen LogP contribution in [0.1, 0.15) is 56.1 Å². The van der Waals surface area contributed by atoms with Crippen LogP contribution in [0.5, 0.6) is 0 Å². The molecule has 2 rings (SSSR count). The Morgan fingerprint density at radius 3 is 2.79 bits per heavy atom. The molecule has 0 saturated heterocycles. The summed E-state index contributed by atoms with van der Waals surface area (Å²) in [6.07, 6.45) is 4.16. The summed E-state index contributed by atoms with van der Waals surface area (Å²) in [6, 6.07) is 3.68. The van der Waals surface area contributed by atoms with Gasteiger partial charge < -0.3 is 10.4 Å². The molecule has 1 saturated carbocycles. The van der Waals surface area contributed by atoms with Crippen LogP contribution in [0.25, 0.3) is 0 Å². The first kappa shape index (κ1) is 13.8. The summed E-state index contributed by atoms with van der Waals surface area (Å²) in [5.74, 6) is -0.202. The number of carboxylic acid groups (broad SMARTS) is 1. The maximum Gasteiger partial charge on any atom is 0.335 e. The van der Waals surface area contributed by atoms with E-state index in [1.165, 1.54) is 6.42 Å². The fraction of sp³-hybridized carbons (Fsp3) is 0.600. The number of nitrogens with one attached hydrogen (secondary N) is 1. The Balaban J connectivity index is 2.16. The molecule has 1 aromatic rings. The third-order valence-electron chi connectivity index (χ3n) is 3.81. The molecule has 1 heterocycles. The highest BCUT2D eigenvalue weighted by Crippen LogP contribution is 2.38. The fourth-order valence-corrected chi connectivity index (χ4v) is 2.73. The van der Waals surface area contributed by atoms with Crippen LogP contribution in [0.15, 0.2) is 12.1 Å². The highest BCUT2D eigenvalue weighted by Gasteiger charge is 2.31. The van der Waals surface area contributed by atoms with Crippen LogP contribution < -0.4 is 5.32 Å². The highest BCUT2D eigenvalue weighted by atomic mass is 16.4. The number of aryl methyl sites for hydroxylation is 1. The topological polar surface area (TPSA) is 62.2 Å². The van der Waals surface area contributed by atoms with Gasteiger partial charge in [-0.2, -0.15) is 0 Å². The number of nitrogens with zero attached hydrogens (tertiary/aromatic N) is 1. The minimum atomic E-state index is -0.896. The van der Waals surface area contributed by atoms with Crippen molar-refractivity contribution >= 4 is 11.8 Å². The molecule has 1 fully saturated rings. The van der Waals surface area contributed by atoms with E-state index in [4.69, 9.17) is 5.11 Å². The summed E-state index contributed by atoms with van der Waals surface area (Å²) < 4.78 is 0. The molecule has 1 aliphatic rings. The first-order valence-corrected chi connectivity index (χ1v) is 6.90. The monoisotopic (exact) mass is 262 g/mol. The van der Waals surface area contributed by atoms with E-state index < -0.39 is 5.97 Å². The second kappa shape index (κ2) is 5.19. The van der Waals surface area contributed by atoms with Crippen LogP contribution in [-0.2, 0) is 6.42 Å². The number of rotatable bonds is 4. The molecule has 1 unspecified atom stereocenters. The lowest BCUT2D eigenvalue weighted by Gasteiger charge is -2.18. The molecule has 0 radical (unpaired) electrons. The Hall–Kier alpha value is -1.58. The maximum absolute atomic E-state index is 11.1. The van der Waals surface area contributed by atoms with E-state index >= 15 is 0 Å². The van der Waals surface area contributed by atoms with Gasteiger partial charge in [0.25, 0.3) is 0 Å². The van der Waals surface area contributed by atoms with Gasteiger partial charge in [0.1, 0.15) is 5.82 Å². The second-order valence-electron chi connectivity index (χ2n) is 6.14. The number of anilines is 1. The van der Waals surface area contributed by atoms with E-state index in [1.807, 2.05) is 6.92 Å². The van der Waals surface area contributed by atoms with Crippen molar-refractivity contribution in [2.75, 3.05) is 5.32 Å². The van der Waals surface area contributed by atoms with Gasteiger partial charge in [-0.1, -0.05) is 20.8 Å². The van der Waals surface area contributed by atoms with Crippen molar-refractivity contribution in [3.05, 3.63) is 23.4 Å². The van der Waals surface area contributed by atoms with E-state index in [1.54, 1.807) is 12.1 Å². The van der Waals surface area contributed by atoms with Gasteiger partial charge >= 0.3 is 5.97 Å². The smallest absolute Gasteiger partial charge is 0.335 e. The Labute approximate surface area is 114 Å². The standard InChI is InChI=1S/C15H22N2O2/c1-4-11-7-10(14(18)19)8-13(16-11)17-12-5-6-15(2,3)9-12/h7-8,12H,4-6,9H2,1-3H3,(H,16,17)(H,18,19). The van der Waals surface area contributed by atoms with Crippen molar-refractivity contribution in [2.45, 2.75) is 52.5 Å². The third-order valence-corrected chi connectivity index (χ3v) is 3.81. The van der Waals surface area contributed by atoms with Gasteiger partial charge in [-0.3, -0.25) is 0 Å². The van der Waals surface area contributed by atoms with Crippen LogP contribution in [0, 0.1) is 5.41 Å². The molecule has 0 aromatic carbocycles. The molecule has 0 aliphatic heterocycles. The first-order chi connectivity index (χ1) is 8.89. The highest BCUT2D eigenvalue weighted by molar-refractivity contribution is 5.88. The second-order valence-corrected chi connectivity index (χ2v) is 6.14. The lowest BCUT2D eigenvalue weighted by molar-refractivity contribution is 0.0696. The molecule has 104 valence electrons. The zero-order valence-corrected chi connectivity index (χ0v) is 11.9. The molecule has 4 nitrogen and oxygen atoms in total. The number of carboxylic acids is 1. The molecule has 1 aliphatic carbocycles. The zero-order valence-electron chi connectivity index (χ0n) is 11.9. The SMILES string of the molecule is CCc1cc(C(=O)O)cc(NC2CCC(C)(C)C2)n1. The maximum atomic E-state index is 11.1. The molecule has 0 bridgehead atoms. The molecular formula is C15H22N2O2. The number of hydrogen-bond donors (Lipinski definition) is 2. The van der Waals surface area contributed by atoms with E-state index in [0.29, 0.717) is 22.8 Å².